The number of benzene rings is 2. The molecule has 0 aliphatic rings. The SMILES string of the molecule is COc1cccc(-n2nnc(C(=O)Nc3ccc(Cn4ccnc4C)cc3)c2C)c1. The highest BCUT2D eigenvalue weighted by Crippen LogP contribution is 2.19. The quantitative estimate of drug-likeness (QED) is 0.534. The van der Waals surface area contributed by atoms with E-state index >= 15 is 0 Å². The van der Waals surface area contributed by atoms with Crippen LogP contribution >= 0.6 is 0 Å². The van der Waals surface area contributed by atoms with E-state index in [1.54, 1.807) is 18.0 Å². The second kappa shape index (κ2) is 8.20. The molecule has 0 saturated carbocycles. The number of imidazole rings is 1. The van der Waals surface area contributed by atoms with Gasteiger partial charge in [0.05, 0.1) is 18.5 Å². The van der Waals surface area contributed by atoms with Crippen LogP contribution in [0.1, 0.15) is 27.6 Å². The van der Waals surface area contributed by atoms with E-state index in [0.717, 1.165) is 23.6 Å². The number of rotatable bonds is 6. The van der Waals surface area contributed by atoms with Crippen molar-refractivity contribution in [2.75, 3.05) is 12.4 Å². The van der Waals surface area contributed by atoms with Crippen molar-refractivity contribution in [2.24, 2.45) is 0 Å². The lowest BCUT2D eigenvalue weighted by molar-refractivity contribution is 0.102. The lowest BCUT2D eigenvalue weighted by atomic mass is 10.2. The molecule has 2 heterocycles. The van der Waals surface area contributed by atoms with E-state index < -0.39 is 0 Å². The van der Waals surface area contributed by atoms with Gasteiger partial charge in [0.15, 0.2) is 5.69 Å². The van der Waals surface area contributed by atoms with Crippen molar-refractivity contribution >= 4 is 11.6 Å². The number of carbonyl (C=O) groups is 1. The predicted molar refractivity (Wildman–Crippen MR) is 113 cm³/mol. The van der Waals surface area contributed by atoms with Crippen LogP contribution in [-0.4, -0.2) is 37.6 Å². The molecule has 0 radical (unpaired) electrons. The third kappa shape index (κ3) is 3.93. The van der Waals surface area contributed by atoms with Gasteiger partial charge in [0.25, 0.3) is 5.91 Å². The van der Waals surface area contributed by atoms with E-state index in [9.17, 15) is 4.79 Å². The first-order chi connectivity index (χ1) is 14.5. The molecular weight excluding hydrogens is 380 g/mol. The summed E-state index contributed by atoms with van der Waals surface area (Å²) in [6.45, 7) is 4.51. The van der Waals surface area contributed by atoms with Gasteiger partial charge in [-0.05, 0) is 43.7 Å². The smallest absolute Gasteiger partial charge is 0.278 e. The Labute approximate surface area is 174 Å². The van der Waals surface area contributed by atoms with Crippen LogP contribution in [0.3, 0.4) is 0 Å². The van der Waals surface area contributed by atoms with Gasteiger partial charge in [-0.3, -0.25) is 4.79 Å². The van der Waals surface area contributed by atoms with E-state index in [1.165, 1.54) is 0 Å². The standard InChI is InChI=1S/C22H22N6O2/c1-15-21(25-26-28(15)19-5-4-6-20(13-19)30-3)22(29)24-18-9-7-17(8-10-18)14-27-12-11-23-16(27)2/h4-13H,14H2,1-3H3,(H,24,29). The minimum atomic E-state index is -0.306. The van der Waals surface area contributed by atoms with Crippen molar-refractivity contribution in [1.82, 2.24) is 24.5 Å². The molecule has 0 bridgehead atoms. The maximum Gasteiger partial charge on any atom is 0.278 e. The minimum absolute atomic E-state index is 0.274. The molecule has 4 rings (SSSR count). The zero-order chi connectivity index (χ0) is 21.1. The third-order valence-corrected chi connectivity index (χ3v) is 4.90. The molecule has 0 unspecified atom stereocenters. The number of carbonyl (C=O) groups excluding carboxylic acids is 1. The Balaban J connectivity index is 1.47. The largest absolute Gasteiger partial charge is 0.497 e. The average molecular weight is 402 g/mol. The first kappa shape index (κ1) is 19.4. The molecule has 2 aromatic carbocycles. The monoisotopic (exact) mass is 402 g/mol. The molecule has 2 aromatic heterocycles. The van der Waals surface area contributed by atoms with Gasteiger partial charge in [0.2, 0.25) is 0 Å². The van der Waals surface area contributed by atoms with Gasteiger partial charge in [0, 0.05) is 30.7 Å². The summed E-state index contributed by atoms with van der Waals surface area (Å²) < 4.78 is 8.93. The Hall–Kier alpha value is -3.94. The molecule has 0 saturated heterocycles. The fourth-order valence-electron chi connectivity index (χ4n) is 3.18. The molecule has 152 valence electrons. The molecule has 8 heteroatoms. The van der Waals surface area contributed by atoms with Crippen molar-refractivity contribution in [1.29, 1.82) is 0 Å². The first-order valence-corrected chi connectivity index (χ1v) is 9.50. The van der Waals surface area contributed by atoms with E-state index in [-0.39, 0.29) is 11.6 Å². The van der Waals surface area contributed by atoms with Gasteiger partial charge in [-0.1, -0.05) is 23.4 Å². The third-order valence-electron chi connectivity index (χ3n) is 4.90. The number of nitrogens with one attached hydrogen (secondary N) is 1. The van der Waals surface area contributed by atoms with Gasteiger partial charge in [-0.2, -0.15) is 0 Å². The fourth-order valence-corrected chi connectivity index (χ4v) is 3.18. The molecule has 4 aromatic rings. The highest BCUT2D eigenvalue weighted by Gasteiger charge is 2.18. The summed E-state index contributed by atoms with van der Waals surface area (Å²) in [5, 5.41) is 11.1. The lowest BCUT2D eigenvalue weighted by Crippen LogP contribution is -2.14. The van der Waals surface area contributed by atoms with Gasteiger partial charge in [-0.15, -0.1) is 5.10 Å². The van der Waals surface area contributed by atoms with Gasteiger partial charge >= 0.3 is 0 Å². The van der Waals surface area contributed by atoms with Crippen LogP contribution in [0.5, 0.6) is 5.75 Å². The molecule has 0 aliphatic heterocycles. The molecule has 0 atom stereocenters. The summed E-state index contributed by atoms with van der Waals surface area (Å²) in [4.78, 5) is 17.0. The predicted octanol–water partition coefficient (Wildman–Crippen LogP) is 3.39. The molecule has 0 fully saturated rings. The molecule has 30 heavy (non-hydrogen) atoms. The Morgan fingerprint density at radius 2 is 1.93 bits per heavy atom. The number of hydrogen-bond acceptors (Lipinski definition) is 5. The van der Waals surface area contributed by atoms with Crippen molar-refractivity contribution in [3.63, 3.8) is 0 Å². The second-order valence-corrected chi connectivity index (χ2v) is 6.89. The van der Waals surface area contributed by atoms with Crippen molar-refractivity contribution < 1.29 is 9.53 Å². The fraction of sp³-hybridized carbons (Fsp3) is 0.182. The topological polar surface area (TPSA) is 86.9 Å². The molecule has 1 amide bonds. The van der Waals surface area contributed by atoms with Crippen LogP contribution in [0.2, 0.25) is 0 Å². The summed E-state index contributed by atoms with van der Waals surface area (Å²) in [6.07, 6.45) is 3.73. The number of anilines is 1. The van der Waals surface area contributed by atoms with Gasteiger partial charge in [-0.25, -0.2) is 9.67 Å². The Morgan fingerprint density at radius 1 is 1.13 bits per heavy atom. The van der Waals surface area contributed by atoms with E-state index in [1.807, 2.05) is 68.6 Å². The van der Waals surface area contributed by atoms with Crippen molar-refractivity contribution in [3.8, 4) is 11.4 Å². The van der Waals surface area contributed by atoms with E-state index in [4.69, 9.17) is 4.74 Å². The van der Waals surface area contributed by atoms with Crippen LogP contribution in [-0.2, 0) is 6.54 Å². The number of aryl methyl sites for hydroxylation is 1. The second-order valence-electron chi connectivity index (χ2n) is 6.89. The van der Waals surface area contributed by atoms with Crippen LogP contribution in [0.25, 0.3) is 5.69 Å². The molecule has 8 nitrogen and oxygen atoms in total. The van der Waals surface area contributed by atoms with Crippen LogP contribution in [0.15, 0.2) is 60.9 Å². The Kier molecular flexibility index (Phi) is 5.30. The lowest BCUT2D eigenvalue weighted by Gasteiger charge is -2.08. The molecule has 1 N–H and O–H groups in total. The normalized spacial score (nSPS) is 10.8. The Bertz CT molecular complexity index is 1180. The maximum atomic E-state index is 12.7. The minimum Gasteiger partial charge on any atom is -0.497 e. The maximum absolute atomic E-state index is 12.7. The summed E-state index contributed by atoms with van der Waals surface area (Å²) in [5.74, 6) is 1.36. The molecular formula is C22H22N6O2. The Morgan fingerprint density at radius 3 is 2.63 bits per heavy atom. The van der Waals surface area contributed by atoms with Crippen LogP contribution in [0.4, 0.5) is 5.69 Å². The first-order valence-electron chi connectivity index (χ1n) is 9.50. The summed E-state index contributed by atoms with van der Waals surface area (Å²) in [5.41, 5.74) is 3.51. The number of hydrogen-bond donors (Lipinski definition) is 1. The number of nitrogens with zero attached hydrogens (tertiary/aromatic N) is 5. The van der Waals surface area contributed by atoms with Gasteiger partial charge < -0.3 is 14.6 Å². The van der Waals surface area contributed by atoms with E-state index in [2.05, 4.69) is 25.2 Å². The number of aromatic nitrogens is 5. The highest BCUT2D eigenvalue weighted by molar-refractivity contribution is 6.03. The zero-order valence-corrected chi connectivity index (χ0v) is 17.0. The number of ether oxygens (including phenoxy) is 1. The summed E-state index contributed by atoms with van der Waals surface area (Å²) in [7, 11) is 1.61. The van der Waals surface area contributed by atoms with Crippen molar-refractivity contribution in [3.05, 3.63) is 83.7 Å². The molecule has 0 spiro atoms. The summed E-state index contributed by atoms with van der Waals surface area (Å²) in [6, 6.07) is 15.1. The zero-order valence-electron chi connectivity index (χ0n) is 17.0. The van der Waals surface area contributed by atoms with Gasteiger partial charge in [0.1, 0.15) is 11.6 Å². The highest BCUT2D eigenvalue weighted by atomic mass is 16.5. The number of amides is 1. The average Bonchev–Trinajstić information content (AvgIpc) is 3.35. The molecule has 0 aliphatic carbocycles. The summed E-state index contributed by atoms with van der Waals surface area (Å²) >= 11 is 0. The number of methoxy groups -OCH3 is 1. The van der Waals surface area contributed by atoms with Crippen molar-refractivity contribution in [2.45, 2.75) is 20.4 Å². The van der Waals surface area contributed by atoms with Crippen LogP contribution < -0.4 is 10.1 Å². The van der Waals surface area contributed by atoms with Crippen LogP contribution in [0, 0.1) is 13.8 Å². The van der Waals surface area contributed by atoms with E-state index in [0.29, 0.717) is 17.1 Å².